The van der Waals surface area contributed by atoms with Crippen LogP contribution in [0.2, 0.25) is 5.02 Å². The van der Waals surface area contributed by atoms with E-state index in [1.54, 1.807) is 19.2 Å². The Morgan fingerprint density at radius 2 is 2.23 bits per heavy atom. The molecular weight excluding hydrogens is 519 g/mol. The van der Waals surface area contributed by atoms with Gasteiger partial charge in [-0.25, -0.2) is 9.67 Å². The highest BCUT2D eigenvalue weighted by atomic mass is 127. The zero-order valence-corrected chi connectivity index (χ0v) is 19.9. The SMILES string of the molecule is CCc1nc2n(n1)CC(NC(=NC)NCc1nc(-c3cccc(Cl)c3)no1)CC2.I. The number of aliphatic imine (C=N–C) groups is 1. The van der Waals surface area contributed by atoms with Crippen molar-refractivity contribution in [3.8, 4) is 11.4 Å². The molecule has 4 rings (SSSR count). The van der Waals surface area contributed by atoms with Crippen molar-refractivity contribution >= 4 is 41.5 Å². The van der Waals surface area contributed by atoms with Crippen molar-refractivity contribution in [3.63, 3.8) is 0 Å². The van der Waals surface area contributed by atoms with Crippen molar-refractivity contribution in [2.45, 2.75) is 45.3 Å². The second-order valence-electron chi connectivity index (χ2n) is 6.81. The molecule has 1 aliphatic heterocycles. The molecule has 11 heteroatoms. The number of aryl methyl sites for hydroxylation is 2. The Kier molecular flexibility index (Phi) is 7.64. The van der Waals surface area contributed by atoms with Gasteiger partial charge in [0, 0.05) is 36.5 Å². The van der Waals surface area contributed by atoms with E-state index in [2.05, 4.69) is 42.8 Å². The Morgan fingerprint density at radius 3 is 3.00 bits per heavy atom. The van der Waals surface area contributed by atoms with E-state index in [4.69, 9.17) is 16.1 Å². The maximum Gasteiger partial charge on any atom is 0.246 e. The Hall–Kier alpha value is -2.21. The van der Waals surface area contributed by atoms with Crippen LogP contribution in [-0.4, -0.2) is 44.0 Å². The maximum absolute atomic E-state index is 6.02. The van der Waals surface area contributed by atoms with Gasteiger partial charge in [-0.05, 0) is 18.6 Å². The molecule has 0 saturated carbocycles. The molecule has 0 fully saturated rings. The van der Waals surface area contributed by atoms with E-state index in [-0.39, 0.29) is 30.0 Å². The van der Waals surface area contributed by atoms with Crippen LogP contribution < -0.4 is 10.6 Å². The summed E-state index contributed by atoms with van der Waals surface area (Å²) in [6.45, 7) is 3.20. The number of fused-ring (bicyclic) bond motifs is 1. The third-order valence-electron chi connectivity index (χ3n) is 4.74. The number of halogens is 2. The molecule has 1 aromatic carbocycles. The summed E-state index contributed by atoms with van der Waals surface area (Å²) >= 11 is 6.02. The summed E-state index contributed by atoms with van der Waals surface area (Å²) in [6.07, 6.45) is 2.72. The van der Waals surface area contributed by atoms with Crippen LogP contribution in [-0.2, 0) is 25.9 Å². The molecule has 9 nitrogen and oxygen atoms in total. The highest BCUT2D eigenvalue weighted by Crippen LogP contribution is 2.20. The number of benzene rings is 1. The minimum Gasteiger partial charge on any atom is -0.352 e. The zero-order valence-electron chi connectivity index (χ0n) is 16.8. The first-order valence-corrected chi connectivity index (χ1v) is 10.0. The number of nitrogens with zero attached hydrogens (tertiary/aromatic N) is 6. The van der Waals surface area contributed by atoms with Gasteiger partial charge in [0.05, 0.1) is 13.1 Å². The summed E-state index contributed by atoms with van der Waals surface area (Å²) in [5, 5.41) is 15.8. The minimum absolute atomic E-state index is 0. The molecule has 0 aliphatic carbocycles. The molecule has 0 saturated heterocycles. The molecule has 1 aliphatic rings. The average molecular weight is 543 g/mol. The van der Waals surface area contributed by atoms with Crippen molar-refractivity contribution in [3.05, 3.63) is 46.8 Å². The summed E-state index contributed by atoms with van der Waals surface area (Å²) in [5.74, 6) is 3.61. The highest BCUT2D eigenvalue weighted by Gasteiger charge is 2.22. The monoisotopic (exact) mass is 542 g/mol. The van der Waals surface area contributed by atoms with Gasteiger partial charge in [0.1, 0.15) is 5.82 Å². The van der Waals surface area contributed by atoms with Gasteiger partial charge in [0.25, 0.3) is 0 Å². The van der Waals surface area contributed by atoms with E-state index in [9.17, 15) is 0 Å². The fourth-order valence-electron chi connectivity index (χ4n) is 3.25. The van der Waals surface area contributed by atoms with E-state index in [0.717, 1.165) is 43.0 Å². The van der Waals surface area contributed by atoms with Crippen LogP contribution in [0.4, 0.5) is 0 Å². The molecule has 0 bridgehead atoms. The van der Waals surface area contributed by atoms with E-state index < -0.39 is 0 Å². The predicted octanol–water partition coefficient (Wildman–Crippen LogP) is 2.84. The number of aromatic nitrogens is 5. The minimum atomic E-state index is 0. The summed E-state index contributed by atoms with van der Waals surface area (Å²) in [6, 6.07) is 7.58. The van der Waals surface area contributed by atoms with Gasteiger partial charge in [-0.1, -0.05) is 35.8 Å². The lowest BCUT2D eigenvalue weighted by Gasteiger charge is -2.25. The first-order chi connectivity index (χ1) is 14.1. The Bertz CT molecular complexity index is 1020. The topological polar surface area (TPSA) is 106 Å². The van der Waals surface area contributed by atoms with Crippen LogP contribution in [0, 0.1) is 0 Å². The molecule has 160 valence electrons. The van der Waals surface area contributed by atoms with Crippen molar-refractivity contribution in [1.82, 2.24) is 35.5 Å². The largest absolute Gasteiger partial charge is 0.352 e. The van der Waals surface area contributed by atoms with Gasteiger partial charge in [0.2, 0.25) is 11.7 Å². The molecule has 0 radical (unpaired) electrons. The molecule has 30 heavy (non-hydrogen) atoms. The fourth-order valence-corrected chi connectivity index (χ4v) is 3.44. The van der Waals surface area contributed by atoms with Crippen molar-refractivity contribution in [1.29, 1.82) is 0 Å². The van der Waals surface area contributed by atoms with Crippen LogP contribution >= 0.6 is 35.6 Å². The van der Waals surface area contributed by atoms with E-state index >= 15 is 0 Å². The second kappa shape index (κ2) is 10.2. The van der Waals surface area contributed by atoms with Gasteiger partial charge in [-0.3, -0.25) is 4.99 Å². The van der Waals surface area contributed by atoms with Crippen molar-refractivity contribution < 1.29 is 4.52 Å². The average Bonchev–Trinajstić information content (AvgIpc) is 3.37. The van der Waals surface area contributed by atoms with E-state index in [0.29, 0.717) is 29.2 Å². The predicted molar refractivity (Wildman–Crippen MR) is 125 cm³/mol. The van der Waals surface area contributed by atoms with Gasteiger partial charge in [-0.15, -0.1) is 24.0 Å². The fraction of sp³-hybridized carbons (Fsp3) is 0.421. The Labute approximate surface area is 196 Å². The molecule has 3 heterocycles. The number of rotatable bonds is 5. The van der Waals surface area contributed by atoms with Crippen LogP contribution in [0.1, 0.15) is 30.9 Å². The molecule has 0 spiro atoms. The van der Waals surface area contributed by atoms with Crippen molar-refractivity contribution in [2.75, 3.05) is 7.05 Å². The number of nitrogens with one attached hydrogen (secondary N) is 2. The van der Waals surface area contributed by atoms with E-state index in [1.165, 1.54) is 0 Å². The van der Waals surface area contributed by atoms with Crippen LogP contribution in [0.25, 0.3) is 11.4 Å². The lowest BCUT2D eigenvalue weighted by atomic mass is 10.1. The summed E-state index contributed by atoms with van der Waals surface area (Å²) in [4.78, 5) is 13.3. The number of hydrogen-bond donors (Lipinski definition) is 2. The molecule has 0 amide bonds. The van der Waals surface area contributed by atoms with Gasteiger partial charge >= 0.3 is 0 Å². The quantitative estimate of drug-likeness (QED) is 0.290. The van der Waals surface area contributed by atoms with Crippen LogP contribution in [0.5, 0.6) is 0 Å². The lowest BCUT2D eigenvalue weighted by Crippen LogP contribution is -2.46. The smallest absolute Gasteiger partial charge is 0.246 e. The highest BCUT2D eigenvalue weighted by molar-refractivity contribution is 14.0. The zero-order chi connectivity index (χ0) is 20.2. The van der Waals surface area contributed by atoms with Gasteiger partial charge in [-0.2, -0.15) is 10.1 Å². The van der Waals surface area contributed by atoms with E-state index in [1.807, 2.05) is 16.8 Å². The lowest BCUT2D eigenvalue weighted by molar-refractivity contribution is 0.371. The number of hydrogen-bond acceptors (Lipinski definition) is 6. The Balaban J connectivity index is 0.00000256. The van der Waals surface area contributed by atoms with Gasteiger partial charge < -0.3 is 15.2 Å². The molecule has 2 aromatic heterocycles. The van der Waals surface area contributed by atoms with Crippen LogP contribution in [0.15, 0.2) is 33.8 Å². The second-order valence-corrected chi connectivity index (χ2v) is 7.24. The maximum atomic E-state index is 6.02. The van der Waals surface area contributed by atoms with Crippen molar-refractivity contribution in [2.24, 2.45) is 4.99 Å². The first kappa shape index (κ1) is 22.5. The summed E-state index contributed by atoms with van der Waals surface area (Å²) in [5.41, 5.74) is 0.812. The Morgan fingerprint density at radius 1 is 1.37 bits per heavy atom. The normalized spacial score (nSPS) is 16.0. The van der Waals surface area contributed by atoms with Crippen LogP contribution in [0.3, 0.4) is 0 Å². The first-order valence-electron chi connectivity index (χ1n) is 9.63. The molecule has 2 N–H and O–H groups in total. The molecule has 3 aromatic rings. The summed E-state index contributed by atoms with van der Waals surface area (Å²) in [7, 11) is 1.74. The number of guanidine groups is 1. The van der Waals surface area contributed by atoms with Gasteiger partial charge in [0.15, 0.2) is 11.8 Å². The third-order valence-corrected chi connectivity index (χ3v) is 4.98. The molecular formula is C19H24ClIN8O. The third kappa shape index (κ3) is 5.28. The molecule has 1 unspecified atom stereocenters. The summed E-state index contributed by atoms with van der Waals surface area (Å²) < 4.78 is 7.32. The molecule has 1 atom stereocenters. The standard InChI is InChI=1S/C19H23ClN8O.HI/c1-3-15-24-16-8-7-14(11-28(16)26-15)23-19(21-2)22-10-17-25-18(27-29-17)12-5-4-6-13(20)9-12;/h4-6,9,14H,3,7-8,10-11H2,1-2H3,(H2,21,22,23);1H.